The highest BCUT2D eigenvalue weighted by Crippen LogP contribution is 2.23. The van der Waals surface area contributed by atoms with E-state index in [1.165, 1.54) is 24.6 Å². The number of thiophene rings is 1. The van der Waals surface area contributed by atoms with E-state index < -0.39 is 16.8 Å². The number of methoxy groups -OCH3 is 1. The van der Waals surface area contributed by atoms with Gasteiger partial charge in [0.15, 0.2) is 0 Å². The van der Waals surface area contributed by atoms with E-state index in [0.29, 0.717) is 11.3 Å². The summed E-state index contributed by atoms with van der Waals surface area (Å²) in [6.07, 6.45) is 0. The maximum Gasteiger partial charge on any atom is 0.337 e. The summed E-state index contributed by atoms with van der Waals surface area (Å²) in [5.74, 6) is -1.00. The number of esters is 1. The SMILES string of the molecule is COC(=O)c1cccc(NC(=O)c2csc([N+](=O)[O-])c2)c1. The van der Waals surface area contributed by atoms with Gasteiger partial charge in [0, 0.05) is 17.1 Å². The summed E-state index contributed by atoms with van der Waals surface area (Å²) in [5.41, 5.74) is 0.888. The number of benzene rings is 1. The number of anilines is 1. The van der Waals surface area contributed by atoms with Gasteiger partial charge >= 0.3 is 11.0 Å². The monoisotopic (exact) mass is 306 g/mol. The van der Waals surface area contributed by atoms with E-state index in [1.807, 2.05) is 0 Å². The fourth-order valence-corrected chi connectivity index (χ4v) is 2.29. The van der Waals surface area contributed by atoms with Crippen molar-refractivity contribution in [1.29, 1.82) is 0 Å². The molecule has 108 valence electrons. The van der Waals surface area contributed by atoms with Crippen LogP contribution in [0.15, 0.2) is 35.7 Å². The number of nitrogens with zero attached hydrogens (tertiary/aromatic N) is 1. The maximum absolute atomic E-state index is 12.0. The molecular weight excluding hydrogens is 296 g/mol. The number of rotatable bonds is 4. The number of carbonyl (C=O) groups excluding carboxylic acids is 2. The molecule has 0 unspecified atom stereocenters. The standard InChI is InChI=1S/C13H10N2O5S/c1-20-13(17)8-3-2-4-10(5-8)14-12(16)9-6-11(15(18)19)21-7-9/h2-7H,1H3,(H,14,16). The summed E-state index contributed by atoms with van der Waals surface area (Å²) < 4.78 is 4.59. The molecule has 8 heteroatoms. The van der Waals surface area contributed by atoms with E-state index in [4.69, 9.17) is 0 Å². The van der Waals surface area contributed by atoms with Gasteiger partial charge in [0.05, 0.1) is 23.2 Å². The molecule has 2 rings (SSSR count). The lowest BCUT2D eigenvalue weighted by atomic mass is 10.2. The zero-order valence-electron chi connectivity index (χ0n) is 10.9. The number of hydrogen-bond donors (Lipinski definition) is 1. The molecule has 0 aliphatic rings. The molecule has 0 saturated heterocycles. The molecule has 0 bridgehead atoms. The Balaban J connectivity index is 2.15. The molecule has 0 spiro atoms. The fourth-order valence-electron chi connectivity index (χ4n) is 1.58. The van der Waals surface area contributed by atoms with Crippen LogP contribution in [0.1, 0.15) is 20.7 Å². The van der Waals surface area contributed by atoms with Crippen molar-refractivity contribution in [2.24, 2.45) is 0 Å². The first kappa shape index (κ1) is 14.7. The van der Waals surface area contributed by atoms with Gasteiger partial charge < -0.3 is 10.1 Å². The first-order valence-electron chi connectivity index (χ1n) is 5.74. The Hall–Kier alpha value is -2.74. The molecule has 1 aromatic heterocycles. The summed E-state index contributed by atoms with van der Waals surface area (Å²) in [4.78, 5) is 33.4. The van der Waals surface area contributed by atoms with E-state index in [9.17, 15) is 19.7 Å². The smallest absolute Gasteiger partial charge is 0.337 e. The molecule has 0 radical (unpaired) electrons. The average Bonchev–Trinajstić information content (AvgIpc) is 2.97. The molecule has 1 N–H and O–H groups in total. The lowest BCUT2D eigenvalue weighted by molar-refractivity contribution is -0.380. The average molecular weight is 306 g/mol. The van der Waals surface area contributed by atoms with E-state index in [-0.39, 0.29) is 10.6 Å². The van der Waals surface area contributed by atoms with Crippen LogP contribution < -0.4 is 5.32 Å². The molecule has 1 aromatic carbocycles. The minimum Gasteiger partial charge on any atom is -0.465 e. The van der Waals surface area contributed by atoms with Crippen molar-refractivity contribution in [3.8, 4) is 0 Å². The Kier molecular flexibility index (Phi) is 4.29. The largest absolute Gasteiger partial charge is 0.465 e. The van der Waals surface area contributed by atoms with Gasteiger partial charge in [-0.25, -0.2) is 4.79 Å². The molecular formula is C13H10N2O5S. The Morgan fingerprint density at radius 3 is 2.67 bits per heavy atom. The zero-order chi connectivity index (χ0) is 15.4. The van der Waals surface area contributed by atoms with Gasteiger partial charge in [-0.1, -0.05) is 17.4 Å². The van der Waals surface area contributed by atoms with Crippen molar-refractivity contribution in [2.45, 2.75) is 0 Å². The van der Waals surface area contributed by atoms with Crippen LogP contribution in [0.25, 0.3) is 0 Å². The number of amides is 1. The Morgan fingerprint density at radius 1 is 1.29 bits per heavy atom. The lowest BCUT2D eigenvalue weighted by Crippen LogP contribution is -2.11. The highest BCUT2D eigenvalue weighted by molar-refractivity contribution is 7.13. The topological polar surface area (TPSA) is 98.5 Å². The van der Waals surface area contributed by atoms with E-state index >= 15 is 0 Å². The zero-order valence-corrected chi connectivity index (χ0v) is 11.7. The predicted molar refractivity (Wildman–Crippen MR) is 76.7 cm³/mol. The first-order chi connectivity index (χ1) is 10.0. The fraction of sp³-hybridized carbons (Fsp3) is 0.0769. The Labute approximate surface area is 123 Å². The third kappa shape index (κ3) is 3.42. The van der Waals surface area contributed by atoms with Crippen LogP contribution in [0.5, 0.6) is 0 Å². The van der Waals surface area contributed by atoms with Crippen molar-refractivity contribution in [1.82, 2.24) is 0 Å². The predicted octanol–water partition coefficient (Wildman–Crippen LogP) is 2.70. The van der Waals surface area contributed by atoms with E-state index in [2.05, 4.69) is 10.1 Å². The second-order valence-electron chi connectivity index (χ2n) is 3.96. The van der Waals surface area contributed by atoms with Gasteiger partial charge in [-0.05, 0) is 18.2 Å². The van der Waals surface area contributed by atoms with Gasteiger partial charge in [0.2, 0.25) is 0 Å². The van der Waals surface area contributed by atoms with Crippen LogP contribution in [0.3, 0.4) is 0 Å². The lowest BCUT2D eigenvalue weighted by Gasteiger charge is -2.05. The molecule has 1 heterocycles. The van der Waals surface area contributed by atoms with Crippen LogP contribution in [0, 0.1) is 10.1 Å². The summed E-state index contributed by atoms with van der Waals surface area (Å²) in [5, 5.41) is 14.4. The number of nitrogens with one attached hydrogen (secondary N) is 1. The second-order valence-corrected chi connectivity index (χ2v) is 4.85. The highest BCUT2D eigenvalue weighted by Gasteiger charge is 2.15. The molecule has 0 aliphatic carbocycles. The molecule has 0 fully saturated rings. The molecule has 7 nitrogen and oxygen atoms in total. The Bertz CT molecular complexity index is 710. The van der Waals surface area contributed by atoms with Crippen molar-refractivity contribution in [3.05, 3.63) is 57.0 Å². The molecule has 1 amide bonds. The van der Waals surface area contributed by atoms with E-state index in [1.54, 1.807) is 18.2 Å². The minimum atomic E-state index is -0.556. The normalized spacial score (nSPS) is 9.95. The summed E-state index contributed by atoms with van der Waals surface area (Å²) in [6, 6.07) is 7.41. The van der Waals surface area contributed by atoms with E-state index in [0.717, 1.165) is 11.3 Å². The summed E-state index contributed by atoms with van der Waals surface area (Å²) in [7, 11) is 1.26. The molecule has 21 heavy (non-hydrogen) atoms. The third-order valence-corrected chi connectivity index (χ3v) is 3.45. The van der Waals surface area contributed by atoms with Crippen molar-refractivity contribution in [2.75, 3.05) is 12.4 Å². The minimum absolute atomic E-state index is 0.108. The number of carbonyl (C=O) groups is 2. The molecule has 2 aromatic rings. The van der Waals surface area contributed by atoms with Gasteiger partial charge in [-0.3, -0.25) is 14.9 Å². The van der Waals surface area contributed by atoms with Crippen molar-refractivity contribution < 1.29 is 19.2 Å². The van der Waals surface area contributed by atoms with Gasteiger partial charge in [-0.15, -0.1) is 0 Å². The van der Waals surface area contributed by atoms with Gasteiger partial charge in [0.1, 0.15) is 0 Å². The molecule has 0 aliphatic heterocycles. The third-order valence-electron chi connectivity index (χ3n) is 2.57. The summed E-state index contributed by atoms with van der Waals surface area (Å²) >= 11 is 0.874. The van der Waals surface area contributed by atoms with Gasteiger partial charge in [-0.2, -0.15) is 0 Å². The highest BCUT2D eigenvalue weighted by atomic mass is 32.1. The van der Waals surface area contributed by atoms with Gasteiger partial charge in [0.25, 0.3) is 5.91 Å². The number of hydrogen-bond acceptors (Lipinski definition) is 6. The molecule has 0 saturated carbocycles. The van der Waals surface area contributed by atoms with Crippen LogP contribution in [-0.4, -0.2) is 23.9 Å². The van der Waals surface area contributed by atoms with Crippen LogP contribution in [-0.2, 0) is 4.74 Å². The molecule has 0 atom stereocenters. The maximum atomic E-state index is 12.0. The number of ether oxygens (including phenoxy) is 1. The first-order valence-corrected chi connectivity index (χ1v) is 6.62. The van der Waals surface area contributed by atoms with Crippen LogP contribution in [0.4, 0.5) is 10.7 Å². The second kappa shape index (κ2) is 6.14. The van der Waals surface area contributed by atoms with Crippen LogP contribution in [0.2, 0.25) is 0 Å². The number of nitro groups is 1. The summed E-state index contributed by atoms with van der Waals surface area (Å²) in [6.45, 7) is 0. The Morgan fingerprint density at radius 2 is 2.05 bits per heavy atom. The quantitative estimate of drug-likeness (QED) is 0.532. The van der Waals surface area contributed by atoms with Crippen molar-refractivity contribution >= 4 is 33.9 Å². The van der Waals surface area contributed by atoms with Crippen LogP contribution >= 0.6 is 11.3 Å². The van der Waals surface area contributed by atoms with Crippen molar-refractivity contribution in [3.63, 3.8) is 0 Å².